The first-order chi connectivity index (χ1) is 6.45. The van der Waals surface area contributed by atoms with Gasteiger partial charge in [-0.1, -0.05) is 0 Å². The van der Waals surface area contributed by atoms with Crippen molar-refractivity contribution in [3.63, 3.8) is 0 Å². The van der Waals surface area contributed by atoms with Crippen LogP contribution >= 0.6 is 15.9 Å². The molecular weight excluding hydrogens is 258 g/mol. The Bertz CT molecular complexity index is 377. The zero-order valence-electron chi connectivity index (χ0n) is 7.22. The Kier molecular flexibility index (Phi) is 3.21. The molecule has 1 N–H and O–H groups in total. The van der Waals surface area contributed by atoms with E-state index in [-0.39, 0.29) is 15.8 Å². The SMILES string of the molecule is CC(=O)c1ccc(C(F)F)c(O)c1Br. The van der Waals surface area contributed by atoms with Crippen molar-refractivity contribution in [3.05, 3.63) is 27.7 Å². The van der Waals surface area contributed by atoms with Crippen LogP contribution in [-0.4, -0.2) is 10.9 Å². The molecule has 0 saturated carbocycles. The molecule has 0 atom stereocenters. The first-order valence-electron chi connectivity index (χ1n) is 3.75. The second-order valence-corrected chi connectivity index (χ2v) is 3.51. The quantitative estimate of drug-likeness (QED) is 0.833. The first-order valence-corrected chi connectivity index (χ1v) is 4.55. The fourth-order valence-electron chi connectivity index (χ4n) is 1.03. The van der Waals surface area contributed by atoms with Crippen LogP contribution in [0.4, 0.5) is 8.78 Å². The van der Waals surface area contributed by atoms with Gasteiger partial charge in [-0.05, 0) is 35.0 Å². The van der Waals surface area contributed by atoms with Crippen LogP contribution in [0.5, 0.6) is 5.75 Å². The van der Waals surface area contributed by atoms with Gasteiger partial charge in [-0.25, -0.2) is 8.78 Å². The number of ketones is 1. The number of halogens is 3. The molecule has 0 aliphatic heterocycles. The van der Waals surface area contributed by atoms with Gasteiger partial charge in [0.15, 0.2) is 5.78 Å². The van der Waals surface area contributed by atoms with Gasteiger partial charge in [0, 0.05) is 5.56 Å². The Balaban J connectivity index is 3.33. The second kappa shape index (κ2) is 4.04. The number of carbonyl (C=O) groups is 1. The molecule has 0 fully saturated rings. The Morgan fingerprint density at radius 1 is 1.50 bits per heavy atom. The molecule has 0 aliphatic rings. The number of alkyl halides is 2. The van der Waals surface area contributed by atoms with E-state index in [0.29, 0.717) is 0 Å². The lowest BCUT2D eigenvalue weighted by atomic mass is 10.1. The number of hydrogen-bond acceptors (Lipinski definition) is 2. The zero-order valence-corrected chi connectivity index (χ0v) is 8.81. The van der Waals surface area contributed by atoms with Gasteiger partial charge >= 0.3 is 0 Å². The van der Waals surface area contributed by atoms with Crippen LogP contribution in [0, 0.1) is 0 Å². The number of benzene rings is 1. The van der Waals surface area contributed by atoms with Crippen molar-refractivity contribution in [2.45, 2.75) is 13.3 Å². The van der Waals surface area contributed by atoms with E-state index in [4.69, 9.17) is 0 Å². The van der Waals surface area contributed by atoms with Gasteiger partial charge in [0.05, 0.1) is 10.0 Å². The van der Waals surface area contributed by atoms with Crippen molar-refractivity contribution in [1.29, 1.82) is 0 Å². The van der Waals surface area contributed by atoms with E-state index >= 15 is 0 Å². The summed E-state index contributed by atoms with van der Waals surface area (Å²) in [6.45, 7) is 1.29. The summed E-state index contributed by atoms with van der Waals surface area (Å²) in [6.07, 6.45) is -2.76. The second-order valence-electron chi connectivity index (χ2n) is 2.72. The zero-order chi connectivity index (χ0) is 10.9. The normalized spacial score (nSPS) is 10.6. The molecule has 5 heteroatoms. The van der Waals surface area contributed by atoms with Crippen molar-refractivity contribution >= 4 is 21.7 Å². The van der Waals surface area contributed by atoms with E-state index in [2.05, 4.69) is 15.9 Å². The van der Waals surface area contributed by atoms with E-state index in [1.807, 2.05) is 0 Å². The highest BCUT2D eigenvalue weighted by Crippen LogP contribution is 2.36. The molecule has 0 aromatic heterocycles. The standard InChI is InChI=1S/C9H7BrF2O2/c1-4(13)5-2-3-6(9(11)12)8(14)7(5)10/h2-3,9,14H,1H3. The predicted octanol–water partition coefficient (Wildman–Crippen LogP) is 3.29. The van der Waals surface area contributed by atoms with Crippen molar-refractivity contribution in [2.24, 2.45) is 0 Å². The van der Waals surface area contributed by atoms with Crippen LogP contribution in [0.3, 0.4) is 0 Å². The molecule has 0 radical (unpaired) electrons. The first kappa shape index (κ1) is 11.1. The van der Waals surface area contributed by atoms with Gasteiger partial charge in [-0.3, -0.25) is 4.79 Å². The lowest BCUT2D eigenvalue weighted by Gasteiger charge is -2.07. The molecule has 0 aliphatic carbocycles. The van der Waals surface area contributed by atoms with Crippen LogP contribution in [0.15, 0.2) is 16.6 Å². The largest absolute Gasteiger partial charge is 0.506 e. The predicted molar refractivity (Wildman–Crippen MR) is 50.8 cm³/mol. The minimum Gasteiger partial charge on any atom is -0.506 e. The molecule has 0 saturated heterocycles. The van der Waals surface area contributed by atoms with Gasteiger partial charge in [0.1, 0.15) is 5.75 Å². The summed E-state index contributed by atoms with van der Waals surface area (Å²) in [5, 5.41) is 9.32. The third kappa shape index (κ3) is 1.92. The number of aromatic hydroxyl groups is 1. The molecule has 0 unspecified atom stereocenters. The van der Waals surface area contributed by atoms with E-state index < -0.39 is 17.7 Å². The molecule has 2 nitrogen and oxygen atoms in total. The fourth-order valence-corrected chi connectivity index (χ4v) is 1.67. The van der Waals surface area contributed by atoms with Crippen LogP contribution in [0.1, 0.15) is 29.3 Å². The maximum absolute atomic E-state index is 12.3. The third-order valence-electron chi connectivity index (χ3n) is 1.76. The van der Waals surface area contributed by atoms with Crippen molar-refractivity contribution in [3.8, 4) is 5.75 Å². The fraction of sp³-hybridized carbons (Fsp3) is 0.222. The van der Waals surface area contributed by atoms with Gasteiger partial charge < -0.3 is 5.11 Å². The topological polar surface area (TPSA) is 37.3 Å². The monoisotopic (exact) mass is 264 g/mol. The Labute approximate surface area is 87.7 Å². The number of rotatable bonds is 2. The average molecular weight is 265 g/mol. The summed E-state index contributed by atoms with van der Waals surface area (Å²) in [5.41, 5.74) is -0.297. The highest BCUT2D eigenvalue weighted by Gasteiger charge is 2.18. The molecule has 76 valence electrons. The minimum absolute atomic E-state index is 0.0165. The summed E-state index contributed by atoms with van der Waals surface area (Å²) < 4.78 is 24.6. The van der Waals surface area contributed by atoms with Crippen molar-refractivity contribution in [1.82, 2.24) is 0 Å². The minimum atomic E-state index is -2.76. The molecule has 1 rings (SSSR count). The Hall–Kier alpha value is -0.970. The maximum atomic E-state index is 12.3. The van der Waals surface area contributed by atoms with Crippen LogP contribution in [0.2, 0.25) is 0 Å². The molecule has 1 aromatic rings. The van der Waals surface area contributed by atoms with E-state index in [0.717, 1.165) is 6.07 Å². The molecule has 0 amide bonds. The van der Waals surface area contributed by atoms with Gasteiger partial charge in [-0.2, -0.15) is 0 Å². The smallest absolute Gasteiger partial charge is 0.267 e. The maximum Gasteiger partial charge on any atom is 0.267 e. The van der Waals surface area contributed by atoms with E-state index in [1.165, 1.54) is 13.0 Å². The number of hydrogen-bond donors (Lipinski definition) is 1. The Morgan fingerprint density at radius 3 is 2.50 bits per heavy atom. The number of carbonyl (C=O) groups excluding carboxylic acids is 1. The number of Topliss-reactive ketones (excluding diaryl/α,β-unsaturated/α-hetero) is 1. The highest BCUT2D eigenvalue weighted by molar-refractivity contribution is 9.10. The summed E-state index contributed by atoms with van der Waals surface area (Å²) in [5.74, 6) is -0.874. The summed E-state index contributed by atoms with van der Waals surface area (Å²) in [6, 6.07) is 2.30. The lowest BCUT2D eigenvalue weighted by Crippen LogP contribution is -1.96. The number of phenolic OH excluding ortho intramolecular Hbond substituents is 1. The van der Waals surface area contributed by atoms with E-state index in [1.54, 1.807) is 0 Å². The Morgan fingerprint density at radius 2 is 2.07 bits per heavy atom. The third-order valence-corrected chi connectivity index (χ3v) is 2.56. The molecule has 0 heterocycles. The molecule has 1 aromatic carbocycles. The van der Waals surface area contributed by atoms with Crippen LogP contribution < -0.4 is 0 Å². The van der Waals surface area contributed by atoms with Crippen molar-refractivity contribution < 1.29 is 18.7 Å². The van der Waals surface area contributed by atoms with Crippen LogP contribution in [0.25, 0.3) is 0 Å². The summed E-state index contributed by atoms with van der Waals surface area (Å²) in [7, 11) is 0. The summed E-state index contributed by atoms with van der Waals surface area (Å²) >= 11 is 2.90. The molecule has 0 spiro atoms. The van der Waals surface area contributed by atoms with Crippen molar-refractivity contribution in [2.75, 3.05) is 0 Å². The molecule has 14 heavy (non-hydrogen) atoms. The van der Waals surface area contributed by atoms with Crippen LogP contribution in [-0.2, 0) is 0 Å². The average Bonchev–Trinajstić information content (AvgIpc) is 2.08. The molecule has 0 bridgehead atoms. The van der Waals surface area contributed by atoms with Gasteiger partial charge in [0.2, 0.25) is 0 Å². The van der Waals surface area contributed by atoms with E-state index in [9.17, 15) is 18.7 Å². The highest BCUT2D eigenvalue weighted by atomic mass is 79.9. The summed E-state index contributed by atoms with van der Waals surface area (Å²) in [4.78, 5) is 11.0. The lowest BCUT2D eigenvalue weighted by molar-refractivity contribution is 0.101. The van der Waals surface area contributed by atoms with Gasteiger partial charge in [0.25, 0.3) is 6.43 Å². The number of phenols is 1. The van der Waals surface area contributed by atoms with Gasteiger partial charge in [-0.15, -0.1) is 0 Å². The molecular formula is C9H7BrF2O2.